The average molecular weight is 325 g/mol. The van der Waals surface area contributed by atoms with Crippen LogP contribution in [0.25, 0.3) is 0 Å². The largest absolute Gasteiger partial charge is 0.493 e. The second kappa shape index (κ2) is 8.32. The molecule has 0 aromatic heterocycles. The quantitative estimate of drug-likeness (QED) is 0.848. The van der Waals surface area contributed by atoms with Crippen molar-refractivity contribution in [2.75, 3.05) is 20.2 Å². The molecule has 1 aliphatic heterocycles. The fraction of sp³-hybridized carbons (Fsp3) is 0.429. The summed E-state index contributed by atoms with van der Waals surface area (Å²) in [4.78, 5) is 2.23. The first-order valence-corrected chi connectivity index (χ1v) is 8.85. The van der Waals surface area contributed by atoms with Crippen molar-refractivity contribution in [1.29, 1.82) is 0 Å². The number of hydrogen-bond donors (Lipinski definition) is 1. The minimum absolute atomic E-state index is 0.182. The number of ether oxygens (including phenoxy) is 1. The third-order valence-electron chi connectivity index (χ3n) is 4.87. The summed E-state index contributed by atoms with van der Waals surface area (Å²) in [6.45, 7) is 1.47. The Balaban J connectivity index is 1.52. The zero-order chi connectivity index (χ0) is 16.8. The second-order valence-corrected chi connectivity index (χ2v) is 6.71. The topological polar surface area (TPSA) is 32.7 Å². The number of β-amino-alcohol motifs (C(OH)–C–C–N with tert-alkyl or cyclic N) is 1. The Morgan fingerprint density at radius 1 is 1.04 bits per heavy atom. The molecule has 1 aliphatic rings. The maximum atomic E-state index is 9.73. The van der Waals surface area contributed by atoms with Crippen LogP contribution in [0, 0.1) is 0 Å². The molecule has 2 aromatic carbocycles. The van der Waals surface area contributed by atoms with Crippen LogP contribution in [-0.4, -0.2) is 42.4 Å². The summed E-state index contributed by atoms with van der Waals surface area (Å²) < 4.78 is 6.06. The zero-order valence-electron chi connectivity index (χ0n) is 14.4. The molecule has 1 fully saturated rings. The fourth-order valence-electron chi connectivity index (χ4n) is 3.47. The number of aliphatic hydroxyl groups is 1. The molecule has 0 aliphatic carbocycles. The molecule has 0 amide bonds. The van der Waals surface area contributed by atoms with Crippen LogP contribution in [0.2, 0.25) is 0 Å². The van der Waals surface area contributed by atoms with E-state index in [-0.39, 0.29) is 6.10 Å². The molecule has 0 unspecified atom stereocenters. The molecule has 2 aromatic rings. The molecule has 0 spiro atoms. The summed E-state index contributed by atoms with van der Waals surface area (Å²) >= 11 is 0. The van der Waals surface area contributed by atoms with Gasteiger partial charge in [0.05, 0.1) is 12.7 Å². The van der Waals surface area contributed by atoms with Crippen molar-refractivity contribution >= 4 is 0 Å². The van der Waals surface area contributed by atoms with Crippen LogP contribution >= 0.6 is 0 Å². The van der Waals surface area contributed by atoms with E-state index in [4.69, 9.17) is 4.74 Å². The van der Waals surface area contributed by atoms with Crippen molar-refractivity contribution in [2.24, 2.45) is 0 Å². The van der Waals surface area contributed by atoms with Crippen LogP contribution in [0.15, 0.2) is 54.6 Å². The maximum Gasteiger partial charge on any atom is 0.122 e. The number of rotatable bonds is 7. The van der Waals surface area contributed by atoms with Gasteiger partial charge in [-0.1, -0.05) is 48.5 Å². The van der Waals surface area contributed by atoms with Crippen LogP contribution < -0.4 is 4.74 Å². The van der Waals surface area contributed by atoms with Gasteiger partial charge >= 0.3 is 0 Å². The first-order valence-electron chi connectivity index (χ1n) is 8.85. The predicted molar refractivity (Wildman–Crippen MR) is 97.4 cm³/mol. The average Bonchev–Trinajstić information content (AvgIpc) is 2.92. The summed E-state index contributed by atoms with van der Waals surface area (Å²) in [6.07, 6.45) is 3.65. The van der Waals surface area contributed by atoms with Gasteiger partial charge in [-0.25, -0.2) is 0 Å². The molecule has 1 heterocycles. The van der Waals surface area contributed by atoms with Gasteiger partial charge in [-0.15, -0.1) is 0 Å². The van der Waals surface area contributed by atoms with E-state index in [2.05, 4.69) is 60.5 Å². The van der Waals surface area contributed by atoms with E-state index in [1.54, 1.807) is 0 Å². The van der Waals surface area contributed by atoms with Gasteiger partial charge < -0.3 is 14.7 Å². The van der Waals surface area contributed by atoms with E-state index >= 15 is 0 Å². The van der Waals surface area contributed by atoms with E-state index in [0.29, 0.717) is 12.6 Å². The van der Waals surface area contributed by atoms with Crippen molar-refractivity contribution in [2.45, 2.75) is 37.8 Å². The molecule has 24 heavy (non-hydrogen) atoms. The third-order valence-corrected chi connectivity index (χ3v) is 4.87. The second-order valence-electron chi connectivity index (χ2n) is 6.71. The van der Waals surface area contributed by atoms with E-state index in [1.807, 2.05) is 6.07 Å². The van der Waals surface area contributed by atoms with Crippen molar-refractivity contribution in [3.8, 4) is 5.75 Å². The molecule has 0 saturated carbocycles. The lowest BCUT2D eigenvalue weighted by Gasteiger charge is -2.19. The van der Waals surface area contributed by atoms with Crippen molar-refractivity contribution in [3.05, 3.63) is 65.7 Å². The minimum Gasteiger partial charge on any atom is -0.493 e. The first kappa shape index (κ1) is 17.0. The smallest absolute Gasteiger partial charge is 0.122 e. The Kier molecular flexibility index (Phi) is 5.89. The number of hydrogen-bond acceptors (Lipinski definition) is 3. The maximum absolute atomic E-state index is 9.73. The lowest BCUT2D eigenvalue weighted by molar-refractivity contribution is 0.182. The van der Waals surface area contributed by atoms with Gasteiger partial charge in [0, 0.05) is 12.6 Å². The van der Waals surface area contributed by atoms with E-state index in [1.165, 1.54) is 11.1 Å². The predicted octanol–water partition coefficient (Wildman–Crippen LogP) is 3.31. The van der Waals surface area contributed by atoms with Gasteiger partial charge in [0.1, 0.15) is 5.75 Å². The molecular formula is C21H27NO2. The molecule has 0 radical (unpaired) electrons. The van der Waals surface area contributed by atoms with Crippen LogP contribution in [-0.2, 0) is 12.8 Å². The van der Waals surface area contributed by atoms with Gasteiger partial charge in [-0.2, -0.15) is 0 Å². The highest BCUT2D eigenvalue weighted by Gasteiger charge is 2.27. The fourth-order valence-corrected chi connectivity index (χ4v) is 3.47. The van der Waals surface area contributed by atoms with Crippen LogP contribution in [0.3, 0.4) is 0 Å². The molecule has 3 heteroatoms. The van der Waals surface area contributed by atoms with Gasteiger partial charge in [0.15, 0.2) is 0 Å². The van der Waals surface area contributed by atoms with Crippen LogP contribution in [0.1, 0.15) is 24.0 Å². The lowest BCUT2D eigenvalue weighted by Crippen LogP contribution is -2.26. The number of aliphatic hydroxyl groups excluding tert-OH is 1. The Hall–Kier alpha value is -1.84. The Morgan fingerprint density at radius 3 is 2.54 bits per heavy atom. The van der Waals surface area contributed by atoms with Crippen molar-refractivity contribution in [1.82, 2.24) is 4.90 Å². The van der Waals surface area contributed by atoms with E-state index in [0.717, 1.165) is 38.0 Å². The monoisotopic (exact) mass is 325 g/mol. The van der Waals surface area contributed by atoms with Gasteiger partial charge in [-0.3, -0.25) is 0 Å². The highest BCUT2D eigenvalue weighted by Crippen LogP contribution is 2.22. The summed E-state index contributed by atoms with van der Waals surface area (Å²) in [5, 5.41) is 9.73. The first-order chi connectivity index (χ1) is 11.7. The SMILES string of the molecule is CN1C[C@H](O)C[C@H]1CCOc1ccccc1CCc1ccccc1. The van der Waals surface area contributed by atoms with Gasteiger partial charge in [0.2, 0.25) is 0 Å². The van der Waals surface area contributed by atoms with Gasteiger partial charge in [0.25, 0.3) is 0 Å². The molecule has 3 rings (SSSR count). The lowest BCUT2D eigenvalue weighted by atomic mass is 10.0. The summed E-state index contributed by atoms with van der Waals surface area (Å²) in [6, 6.07) is 19.3. The number of para-hydroxylation sites is 1. The number of nitrogens with zero attached hydrogens (tertiary/aromatic N) is 1. The molecule has 1 saturated heterocycles. The van der Waals surface area contributed by atoms with Crippen LogP contribution in [0.4, 0.5) is 0 Å². The molecule has 1 N–H and O–H groups in total. The molecular weight excluding hydrogens is 298 g/mol. The molecule has 128 valence electrons. The molecule has 2 atom stereocenters. The van der Waals surface area contributed by atoms with E-state index in [9.17, 15) is 5.11 Å². The van der Waals surface area contributed by atoms with Crippen molar-refractivity contribution < 1.29 is 9.84 Å². The molecule has 3 nitrogen and oxygen atoms in total. The summed E-state index contributed by atoms with van der Waals surface area (Å²) in [5.41, 5.74) is 2.62. The Bertz CT molecular complexity index is 629. The molecule has 0 bridgehead atoms. The standard InChI is InChI=1S/C21H27NO2/c1-22-16-20(23)15-19(22)13-14-24-21-10-6-5-9-18(21)12-11-17-7-3-2-4-8-17/h2-10,19-20,23H,11-16H2,1H3/t19-,20-/m1/s1. The van der Waals surface area contributed by atoms with E-state index < -0.39 is 0 Å². The summed E-state index contributed by atoms with van der Waals surface area (Å²) in [7, 11) is 2.08. The number of likely N-dealkylation sites (tertiary alicyclic amines) is 1. The highest BCUT2D eigenvalue weighted by molar-refractivity contribution is 5.34. The number of likely N-dealkylation sites (N-methyl/N-ethyl adjacent to an activating group) is 1. The Morgan fingerprint density at radius 2 is 1.79 bits per heavy atom. The zero-order valence-corrected chi connectivity index (χ0v) is 14.4. The van der Waals surface area contributed by atoms with Crippen LogP contribution in [0.5, 0.6) is 5.75 Å². The minimum atomic E-state index is -0.182. The normalized spacial score (nSPS) is 21.1. The third kappa shape index (κ3) is 4.59. The number of aryl methyl sites for hydroxylation is 2. The summed E-state index contributed by atoms with van der Waals surface area (Å²) in [5.74, 6) is 0.995. The van der Waals surface area contributed by atoms with Crippen molar-refractivity contribution in [3.63, 3.8) is 0 Å². The van der Waals surface area contributed by atoms with Gasteiger partial charge in [-0.05, 0) is 49.9 Å². The highest BCUT2D eigenvalue weighted by atomic mass is 16.5. The number of benzene rings is 2. The Labute approximate surface area is 144 Å².